The molecule has 1 N–H and O–H groups in total. The van der Waals surface area contributed by atoms with E-state index in [4.69, 9.17) is 5.11 Å². The normalized spacial score (nSPS) is 35.2. The average Bonchev–Trinajstić information content (AvgIpc) is 2.76. The molecule has 0 aromatic heterocycles. The largest absolute Gasteiger partial charge is 0.478 e. The molecule has 0 heterocycles. The summed E-state index contributed by atoms with van der Waals surface area (Å²) < 4.78 is 0. The van der Waals surface area contributed by atoms with E-state index in [1.54, 1.807) is 0 Å². The van der Waals surface area contributed by atoms with Crippen LogP contribution in [0.1, 0.15) is 25.7 Å². The summed E-state index contributed by atoms with van der Waals surface area (Å²) in [6, 6.07) is 0. The third-order valence-corrected chi connectivity index (χ3v) is 3.72. The fourth-order valence-corrected chi connectivity index (χ4v) is 3.12. The number of carbonyl (C=O) groups is 1. The van der Waals surface area contributed by atoms with E-state index >= 15 is 0 Å². The average molecular weight is 176 g/mol. The van der Waals surface area contributed by atoms with Crippen LogP contribution in [-0.2, 0) is 4.79 Å². The molecule has 2 bridgehead atoms. The second-order valence-corrected chi connectivity index (χ2v) is 4.34. The molecule has 0 aromatic rings. The lowest BCUT2D eigenvalue weighted by molar-refractivity contribution is -0.132. The first-order chi connectivity index (χ1) is 6.25. The zero-order valence-electron chi connectivity index (χ0n) is 7.42. The number of carboxylic acid groups (broad SMARTS) is 1. The highest BCUT2D eigenvalue weighted by Crippen LogP contribution is 2.53. The number of hydrogen-bond donors (Lipinski definition) is 1. The van der Waals surface area contributed by atoms with Crippen LogP contribution in [0.25, 0.3) is 0 Å². The molecule has 13 heavy (non-hydrogen) atoms. The van der Waals surface area contributed by atoms with Gasteiger partial charge in [0.05, 0.1) is 0 Å². The van der Waals surface area contributed by atoms with Crippen molar-refractivity contribution in [3.05, 3.63) is 22.8 Å². The van der Waals surface area contributed by atoms with Crippen LogP contribution in [0.3, 0.4) is 0 Å². The molecule has 0 radical (unpaired) electrons. The van der Waals surface area contributed by atoms with Crippen LogP contribution < -0.4 is 0 Å². The van der Waals surface area contributed by atoms with Gasteiger partial charge < -0.3 is 5.11 Å². The maximum atomic E-state index is 10.8. The van der Waals surface area contributed by atoms with Crippen LogP contribution in [0.2, 0.25) is 0 Å². The summed E-state index contributed by atoms with van der Waals surface area (Å²) in [6.07, 6.45) is 6.54. The summed E-state index contributed by atoms with van der Waals surface area (Å²) in [5, 5.41) is 8.87. The van der Waals surface area contributed by atoms with E-state index < -0.39 is 5.97 Å². The lowest BCUT2D eigenvalue weighted by atomic mass is 9.93. The molecular formula is C11H12O2. The minimum absolute atomic E-state index is 0.613. The zero-order chi connectivity index (χ0) is 9.00. The second-order valence-electron chi connectivity index (χ2n) is 4.34. The standard InChI is InChI=1S/C11H12O2/c12-11(13)8-4-9-6-1-2-7(3-6)10(9)5-8/h4,6-7H,1-3,5H2,(H,12,13)/t6-,7+/m1/s1. The minimum Gasteiger partial charge on any atom is -0.478 e. The molecule has 2 nitrogen and oxygen atoms in total. The maximum Gasteiger partial charge on any atom is 0.331 e. The molecule has 1 fully saturated rings. The number of fused-ring (bicyclic) bond motifs is 4. The Hall–Kier alpha value is -1.05. The lowest BCUT2D eigenvalue weighted by Crippen LogP contribution is -2.01. The third-order valence-electron chi connectivity index (χ3n) is 3.72. The van der Waals surface area contributed by atoms with Gasteiger partial charge in [-0.25, -0.2) is 4.79 Å². The Balaban J connectivity index is 1.95. The fraction of sp³-hybridized carbons (Fsp3) is 0.545. The molecule has 3 aliphatic carbocycles. The highest BCUT2D eigenvalue weighted by Gasteiger charge is 2.41. The zero-order valence-corrected chi connectivity index (χ0v) is 7.42. The van der Waals surface area contributed by atoms with Crippen molar-refractivity contribution in [1.29, 1.82) is 0 Å². The maximum absolute atomic E-state index is 10.8. The number of allylic oxidation sites excluding steroid dienone is 3. The van der Waals surface area contributed by atoms with Crippen LogP contribution in [0, 0.1) is 11.8 Å². The summed E-state index contributed by atoms with van der Waals surface area (Å²) in [5.74, 6) is 0.707. The Kier molecular flexibility index (Phi) is 1.27. The van der Waals surface area contributed by atoms with E-state index in [1.165, 1.54) is 30.4 Å². The van der Waals surface area contributed by atoms with Gasteiger partial charge in [0.25, 0.3) is 0 Å². The van der Waals surface area contributed by atoms with E-state index in [1.807, 2.05) is 6.08 Å². The first-order valence-electron chi connectivity index (χ1n) is 4.92. The smallest absolute Gasteiger partial charge is 0.331 e. The second kappa shape index (κ2) is 2.25. The van der Waals surface area contributed by atoms with Gasteiger partial charge in [-0.2, -0.15) is 0 Å². The van der Waals surface area contributed by atoms with Gasteiger partial charge in [-0.3, -0.25) is 0 Å². The van der Waals surface area contributed by atoms with E-state index in [9.17, 15) is 4.79 Å². The molecule has 0 saturated heterocycles. The van der Waals surface area contributed by atoms with Gasteiger partial charge in [-0.1, -0.05) is 5.57 Å². The van der Waals surface area contributed by atoms with Crippen molar-refractivity contribution in [3.63, 3.8) is 0 Å². The topological polar surface area (TPSA) is 37.3 Å². The van der Waals surface area contributed by atoms with Gasteiger partial charge >= 0.3 is 5.97 Å². The Morgan fingerprint density at radius 2 is 2.15 bits per heavy atom. The van der Waals surface area contributed by atoms with Crippen LogP contribution in [0.4, 0.5) is 0 Å². The number of rotatable bonds is 1. The summed E-state index contributed by atoms with van der Waals surface area (Å²) in [4.78, 5) is 10.8. The molecule has 3 rings (SSSR count). The molecule has 0 amide bonds. The quantitative estimate of drug-likeness (QED) is 0.664. The molecule has 0 spiro atoms. The monoisotopic (exact) mass is 176 g/mol. The SMILES string of the molecule is O=C(O)C1=CC2=C(C1)[C@H]1CC[C@@H]2C1. The van der Waals surface area contributed by atoms with Gasteiger partial charge in [0, 0.05) is 12.0 Å². The Labute approximate surface area is 76.9 Å². The van der Waals surface area contributed by atoms with Crippen molar-refractivity contribution in [3.8, 4) is 0 Å². The minimum atomic E-state index is -0.728. The van der Waals surface area contributed by atoms with Gasteiger partial charge in [-0.05, 0) is 42.7 Å². The molecule has 1 saturated carbocycles. The summed E-state index contributed by atoms with van der Waals surface area (Å²) in [6.45, 7) is 0. The Bertz CT molecular complexity index is 349. The van der Waals surface area contributed by atoms with Crippen molar-refractivity contribution in [1.82, 2.24) is 0 Å². The first kappa shape index (κ1) is 7.36. The molecule has 2 heteroatoms. The number of hydrogen-bond acceptors (Lipinski definition) is 1. The number of carboxylic acids is 1. The Morgan fingerprint density at radius 1 is 1.38 bits per heavy atom. The van der Waals surface area contributed by atoms with Crippen molar-refractivity contribution in [2.24, 2.45) is 11.8 Å². The highest BCUT2D eigenvalue weighted by atomic mass is 16.4. The van der Waals surface area contributed by atoms with Crippen molar-refractivity contribution in [2.75, 3.05) is 0 Å². The molecule has 68 valence electrons. The van der Waals surface area contributed by atoms with Crippen molar-refractivity contribution in [2.45, 2.75) is 25.7 Å². The van der Waals surface area contributed by atoms with Gasteiger partial charge in [0.1, 0.15) is 0 Å². The van der Waals surface area contributed by atoms with Gasteiger partial charge in [0.2, 0.25) is 0 Å². The molecular weight excluding hydrogens is 164 g/mol. The predicted octanol–water partition coefficient (Wildman–Crippen LogP) is 2.13. The van der Waals surface area contributed by atoms with Gasteiger partial charge in [0.15, 0.2) is 0 Å². The number of aliphatic carboxylic acids is 1. The van der Waals surface area contributed by atoms with E-state index in [2.05, 4.69) is 0 Å². The van der Waals surface area contributed by atoms with E-state index in [0.717, 1.165) is 12.3 Å². The van der Waals surface area contributed by atoms with Crippen molar-refractivity contribution < 1.29 is 9.90 Å². The first-order valence-corrected chi connectivity index (χ1v) is 4.92. The predicted molar refractivity (Wildman–Crippen MR) is 48.2 cm³/mol. The summed E-state index contributed by atoms with van der Waals surface area (Å²) in [7, 11) is 0. The lowest BCUT2D eigenvalue weighted by Gasteiger charge is -2.11. The van der Waals surface area contributed by atoms with E-state index in [-0.39, 0.29) is 0 Å². The van der Waals surface area contributed by atoms with Crippen LogP contribution in [-0.4, -0.2) is 11.1 Å². The molecule has 0 aromatic carbocycles. The molecule has 0 aliphatic heterocycles. The van der Waals surface area contributed by atoms with Crippen LogP contribution in [0.5, 0.6) is 0 Å². The third kappa shape index (κ3) is 0.859. The summed E-state index contributed by atoms with van der Waals surface area (Å²) >= 11 is 0. The highest BCUT2D eigenvalue weighted by molar-refractivity contribution is 5.89. The molecule has 0 unspecified atom stereocenters. The molecule has 2 atom stereocenters. The van der Waals surface area contributed by atoms with Crippen LogP contribution in [0.15, 0.2) is 22.8 Å². The summed E-state index contributed by atoms with van der Waals surface area (Å²) in [5.41, 5.74) is 3.45. The van der Waals surface area contributed by atoms with E-state index in [0.29, 0.717) is 11.5 Å². The molecule has 3 aliphatic rings. The van der Waals surface area contributed by atoms with Gasteiger partial charge in [-0.15, -0.1) is 0 Å². The van der Waals surface area contributed by atoms with Crippen LogP contribution >= 0.6 is 0 Å². The fourth-order valence-electron chi connectivity index (χ4n) is 3.12. The Morgan fingerprint density at radius 3 is 2.85 bits per heavy atom. The van der Waals surface area contributed by atoms with Crippen molar-refractivity contribution >= 4 is 5.97 Å².